The summed E-state index contributed by atoms with van der Waals surface area (Å²) in [6, 6.07) is 5.14. The fourth-order valence-corrected chi connectivity index (χ4v) is 2.70. The van der Waals surface area contributed by atoms with Crippen molar-refractivity contribution in [2.75, 3.05) is 6.54 Å². The molecule has 1 aromatic rings. The SMILES string of the molecule is Cc1ccc(S(=O)(=O)NCCC=O)c(C)c1. The molecule has 0 saturated carbocycles. The number of aryl methyl sites for hydroxylation is 2. The topological polar surface area (TPSA) is 63.2 Å². The summed E-state index contributed by atoms with van der Waals surface area (Å²) in [6.45, 7) is 3.80. The van der Waals surface area contributed by atoms with Crippen LogP contribution in [0.25, 0.3) is 0 Å². The fourth-order valence-electron chi connectivity index (χ4n) is 1.43. The third-order valence-corrected chi connectivity index (χ3v) is 3.80. The lowest BCUT2D eigenvalue weighted by Gasteiger charge is -2.08. The molecule has 0 aromatic heterocycles. The molecule has 0 aliphatic carbocycles. The predicted molar refractivity (Wildman–Crippen MR) is 61.8 cm³/mol. The number of carbonyl (C=O) groups excluding carboxylic acids is 1. The molecule has 0 saturated heterocycles. The standard InChI is InChI=1S/C11H15NO3S/c1-9-4-5-11(10(2)8-9)16(14,15)12-6-3-7-13/h4-5,7-8,12H,3,6H2,1-2H3. The van der Waals surface area contributed by atoms with Gasteiger partial charge in [-0.05, 0) is 25.5 Å². The largest absolute Gasteiger partial charge is 0.303 e. The minimum Gasteiger partial charge on any atom is -0.303 e. The van der Waals surface area contributed by atoms with Crippen molar-refractivity contribution in [3.8, 4) is 0 Å². The number of sulfonamides is 1. The van der Waals surface area contributed by atoms with Crippen LogP contribution in [-0.4, -0.2) is 21.2 Å². The van der Waals surface area contributed by atoms with E-state index < -0.39 is 10.0 Å². The highest BCUT2D eigenvalue weighted by Crippen LogP contribution is 2.15. The van der Waals surface area contributed by atoms with E-state index in [2.05, 4.69) is 4.72 Å². The summed E-state index contributed by atoms with van der Waals surface area (Å²) in [4.78, 5) is 10.4. The molecule has 1 aromatic carbocycles. The second-order valence-electron chi connectivity index (χ2n) is 3.62. The number of benzene rings is 1. The van der Waals surface area contributed by atoms with Gasteiger partial charge in [-0.25, -0.2) is 13.1 Å². The minimum atomic E-state index is -3.49. The van der Waals surface area contributed by atoms with E-state index in [1.807, 2.05) is 13.0 Å². The first-order valence-corrected chi connectivity index (χ1v) is 6.46. The Kier molecular flexibility index (Phi) is 4.20. The highest BCUT2D eigenvalue weighted by Gasteiger charge is 2.15. The normalized spacial score (nSPS) is 11.4. The van der Waals surface area contributed by atoms with Crippen LogP contribution >= 0.6 is 0 Å². The van der Waals surface area contributed by atoms with E-state index in [1.165, 1.54) is 0 Å². The Morgan fingerprint density at radius 2 is 2.00 bits per heavy atom. The van der Waals surface area contributed by atoms with E-state index in [0.29, 0.717) is 11.8 Å². The molecular weight excluding hydrogens is 226 g/mol. The molecule has 0 unspecified atom stereocenters. The Morgan fingerprint density at radius 3 is 2.56 bits per heavy atom. The summed E-state index contributed by atoms with van der Waals surface area (Å²) in [6.07, 6.45) is 0.870. The van der Waals surface area contributed by atoms with Crippen molar-refractivity contribution >= 4 is 16.3 Å². The first-order valence-electron chi connectivity index (χ1n) is 4.98. The average Bonchev–Trinajstić information content (AvgIpc) is 2.17. The second-order valence-corrected chi connectivity index (χ2v) is 5.36. The quantitative estimate of drug-likeness (QED) is 0.621. The van der Waals surface area contributed by atoms with Crippen LogP contribution in [0.5, 0.6) is 0 Å². The van der Waals surface area contributed by atoms with Crippen molar-refractivity contribution in [3.05, 3.63) is 29.3 Å². The van der Waals surface area contributed by atoms with Crippen molar-refractivity contribution in [2.45, 2.75) is 25.2 Å². The van der Waals surface area contributed by atoms with Gasteiger partial charge in [0.25, 0.3) is 0 Å². The molecule has 0 fully saturated rings. The molecule has 1 rings (SSSR count). The van der Waals surface area contributed by atoms with Crippen LogP contribution in [0, 0.1) is 13.8 Å². The number of rotatable bonds is 5. The Bertz CT molecular complexity index is 480. The van der Waals surface area contributed by atoms with Crippen LogP contribution in [-0.2, 0) is 14.8 Å². The maximum Gasteiger partial charge on any atom is 0.240 e. The van der Waals surface area contributed by atoms with Gasteiger partial charge in [0.1, 0.15) is 6.29 Å². The lowest BCUT2D eigenvalue weighted by atomic mass is 10.2. The molecule has 0 bridgehead atoms. The molecule has 0 amide bonds. The Morgan fingerprint density at radius 1 is 1.31 bits per heavy atom. The molecular formula is C11H15NO3S. The first kappa shape index (κ1) is 12.9. The summed E-state index contributed by atoms with van der Waals surface area (Å²) in [5.74, 6) is 0. The van der Waals surface area contributed by atoms with Gasteiger partial charge in [0.05, 0.1) is 4.90 Å². The van der Waals surface area contributed by atoms with Crippen molar-refractivity contribution in [2.24, 2.45) is 0 Å². The molecule has 0 aliphatic heterocycles. The van der Waals surface area contributed by atoms with E-state index >= 15 is 0 Å². The Balaban J connectivity index is 2.94. The van der Waals surface area contributed by atoms with Crippen LogP contribution < -0.4 is 4.72 Å². The van der Waals surface area contributed by atoms with Crippen LogP contribution in [0.3, 0.4) is 0 Å². The van der Waals surface area contributed by atoms with Crippen molar-refractivity contribution in [3.63, 3.8) is 0 Å². The van der Waals surface area contributed by atoms with E-state index in [-0.39, 0.29) is 17.9 Å². The van der Waals surface area contributed by atoms with Crippen molar-refractivity contribution in [1.82, 2.24) is 4.72 Å². The van der Waals surface area contributed by atoms with Gasteiger partial charge in [-0.15, -0.1) is 0 Å². The third-order valence-electron chi connectivity index (χ3n) is 2.17. The molecule has 0 spiro atoms. The summed E-state index contributed by atoms with van der Waals surface area (Å²) in [5.41, 5.74) is 1.72. The second kappa shape index (κ2) is 5.23. The highest BCUT2D eigenvalue weighted by atomic mass is 32.2. The third kappa shape index (κ3) is 3.15. The minimum absolute atomic E-state index is 0.138. The smallest absolute Gasteiger partial charge is 0.240 e. The fraction of sp³-hybridized carbons (Fsp3) is 0.364. The molecule has 0 radical (unpaired) electrons. The molecule has 4 nitrogen and oxygen atoms in total. The molecule has 0 aliphatic rings. The van der Waals surface area contributed by atoms with Gasteiger partial charge in [-0.1, -0.05) is 17.7 Å². The molecule has 0 atom stereocenters. The zero-order valence-electron chi connectivity index (χ0n) is 9.36. The van der Waals surface area contributed by atoms with Gasteiger partial charge in [0.15, 0.2) is 0 Å². The number of hydrogen-bond donors (Lipinski definition) is 1. The number of aldehydes is 1. The molecule has 1 N–H and O–H groups in total. The average molecular weight is 241 g/mol. The van der Waals surface area contributed by atoms with Crippen molar-refractivity contribution < 1.29 is 13.2 Å². The monoisotopic (exact) mass is 241 g/mol. The highest BCUT2D eigenvalue weighted by molar-refractivity contribution is 7.89. The number of hydrogen-bond acceptors (Lipinski definition) is 3. The van der Waals surface area contributed by atoms with Crippen LogP contribution in [0.15, 0.2) is 23.1 Å². The molecule has 0 heterocycles. The Labute approximate surface area is 95.7 Å². The maximum atomic E-state index is 11.8. The lowest BCUT2D eigenvalue weighted by Crippen LogP contribution is -2.25. The predicted octanol–water partition coefficient (Wildman–Crippen LogP) is 1.17. The van der Waals surface area contributed by atoms with Crippen LogP contribution in [0.4, 0.5) is 0 Å². The number of nitrogens with one attached hydrogen (secondary N) is 1. The van der Waals surface area contributed by atoms with Crippen LogP contribution in [0.1, 0.15) is 17.5 Å². The van der Waals surface area contributed by atoms with E-state index in [9.17, 15) is 13.2 Å². The molecule has 5 heteroatoms. The van der Waals surface area contributed by atoms with Crippen molar-refractivity contribution in [1.29, 1.82) is 0 Å². The number of carbonyl (C=O) groups is 1. The lowest BCUT2D eigenvalue weighted by molar-refractivity contribution is -0.107. The zero-order valence-corrected chi connectivity index (χ0v) is 10.2. The van der Waals surface area contributed by atoms with E-state index in [4.69, 9.17) is 0 Å². The maximum absolute atomic E-state index is 11.8. The van der Waals surface area contributed by atoms with Gasteiger partial charge < -0.3 is 4.79 Å². The molecule has 16 heavy (non-hydrogen) atoms. The van der Waals surface area contributed by atoms with Gasteiger partial charge in [-0.2, -0.15) is 0 Å². The molecule has 88 valence electrons. The van der Waals surface area contributed by atoms with Gasteiger partial charge >= 0.3 is 0 Å². The first-order chi connectivity index (χ1) is 7.47. The summed E-state index contributed by atoms with van der Waals surface area (Å²) < 4.78 is 26.0. The Hall–Kier alpha value is -1.20. The summed E-state index contributed by atoms with van der Waals surface area (Å²) in [7, 11) is -3.49. The van der Waals surface area contributed by atoms with Crippen LogP contribution in [0.2, 0.25) is 0 Å². The summed E-state index contributed by atoms with van der Waals surface area (Å²) in [5, 5.41) is 0. The van der Waals surface area contributed by atoms with E-state index in [0.717, 1.165) is 5.56 Å². The van der Waals surface area contributed by atoms with Gasteiger partial charge in [0.2, 0.25) is 10.0 Å². The van der Waals surface area contributed by atoms with E-state index in [1.54, 1.807) is 19.1 Å². The zero-order chi connectivity index (χ0) is 12.2. The van der Waals surface area contributed by atoms with Gasteiger partial charge in [-0.3, -0.25) is 0 Å². The summed E-state index contributed by atoms with van der Waals surface area (Å²) >= 11 is 0. The van der Waals surface area contributed by atoms with Gasteiger partial charge in [0, 0.05) is 13.0 Å².